The summed E-state index contributed by atoms with van der Waals surface area (Å²) in [6.07, 6.45) is 4.84. The van der Waals surface area contributed by atoms with Gasteiger partial charge in [0.05, 0.1) is 0 Å². The zero-order valence-corrected chi connectivity index (χ0v) is 6.86. The molecule has 1 unspecified atom stereocenters. The summed E-state index contributed by atoms with van der Waals surface area (Å²) in [5, 5.41) is 0. The lowest BCUT2D eigenvalue weighted by molar-refractivity contribution is 0.688. The number of nitrogens with zero attached hydrogens (tertiary/aromatic N) is 1. The molecule has 0 bridgehead atoms. The summed E-state index contributed by atoms with van der Waals surface area (Å²) in [5.41, 5.74) is 0.857. The Bertz CT molecular complexity index is 184. The molecule has 0 aromatic heterocycles. The van der Waals surface area contributed by atoms with E-state index < -0.39 is 10.8 Å². The Morgan fingerprint density at radius 1 is 1.80 bits per heavy atom. The molecule has 0 aromatic rings. The first-order valence-corrected chi connectivity index (χ1v) is 4.50. The molecule has 0 aliphatic heterocycles. The van der Waals surface area contributed by atoms with Gasteiger partial charge in [0.15, 0.2) is 0 Å². The second-order valence-corrected chi connectivity index (χ2v) is 3.24. The summed E-state index contributed by atoms with van der Waals surface area (Å²) in [6.45, 7) is 6.82. The van der Waals surface area contributed by atoms with Crippen molar-refractivity contribution in [3.05, 3.63) is 24.4 Å². The maximum absolute atomic E-state index is 10.6. The third-order valence-electron chi connectivity index (χ3n) is 0.889. The minimum atomic E-state index is -0.824. The van der Waals surface area contributed by atoms with Crippen molar-refractivity contribution >= 4 is 17.5 Å². The summed E-state index contributed by atoms with van der Waals surface area (Å²) >= 11 is 0. The molecule has 0 saturated carbocycles. The Hall–Kier alpha value is -0.700. The van der Waals surface area contributed by atoms with Crippen LogP contribution >= 0.6 is 0 Å². The highest BCUT2D eigenvalue weighted by Crippen LogP contribution is 1.97. The van der Waals surface area contributed by atoms with Crippen molar-refractivity contribution in [2.75, 3.05) is 12.0 Å². The smallest absolute Gasteiger partial charge is 0.0497 e. The van der Waals surface area contributed by atoms with Crippen LogP contribution in [-0.2, 0) is 10.8 Å². The zero-order valence-electron chi connectivity index (χ0n) is 6.04. The van der Waals surface area contributed by atoms with Crippen LogP contribution in [0, 0.1) is 0 Å². The predicted molar refractivity (Wildman–Crippen MR) is 46.8 cm³/mol. The van der Waals surface area contributed by atoms with Gasteiger partial charge in [-0.15, -0.1) is 0 Å². The highest BCUT2D eigenvalue weighted by Gasteiger charge is 1.93. The summed E-state index contributed by atoms with van der Waals surface area (Å²) in [7, 11) is -0.824. The van der Waals surface area contributed by atoms with Crippen LogP contribution < -0.4 is 0 Å². The van der Waals surface area contributed by atoms with Gasteiger partial charge in [0.25, 0.3) is 0 Å². The van der Waals surface area contributed by atoms with E-state index in [9.17, 15) is 4.21 Å². The molecule has 0 heterocycles. The molecule has 56 valence electrons. The van der Waals surface area contributed by atoms with Crippen LogP contribution in [0.1, 0.15) is 0 Å². The highest BCUT2D eigenvalue weighted by atomic mass is 32.2. The van der Waals surface area contributed by atoms with Crippen LogP contribution in [0.5, 0.6) is 0 Å². The van der Waals surface area contributed by atoms with Crippen LogP contribution in [-0.4, -0.2) is 22.9 Å². The normalized spacial score (nSPS) is 14.3. The fourth-order valence-electron chi connectivity index (χ4n) is 0.501. The van der Waals surface area contributed by atoms with Crippen molar-refractivity contribution < 1.29 is 4.21 Å². The van der Waals surface area contributed by atoms with Gasteiger partial charge >= 0.3 is 0 Å². The van der Waals surface area contributed by atoms with E-state index in [1.165, 1.54) is 0 Å². The van der Waals surface area contributed by atoms with E-state index in [4.69, 9.17) is 0 Å². The molecule has 0 fully saturated rings. The first-order chi connectivity index (χ1) is 4.70. The van der Waals surface area contributed by atoms with Crippen molar-refractivity contribution in [3.8, 4) is 0 Å². The fourth-order valence-corrected chi connectivity index (χ4v) is 1.16. The van der Waals surface area contributed by atoms with E-state index in [1.807, 2.05) is 0 Å². The van der Waals surface area contributed by atoms with Gasteiger partial charge in [-0.1, -0.05) is 12.7 Å². The summed E-state index contributed by atoms with van der Waals surface area (Å²) < 4.78 is 10.6. The van der Waals surface area contributed by atoms with Gasteiger partial charge in [-0.2, -0.15) is 0 Å². The molecular weight excluding hydrogens is 146 g/mol. The Labute approximate surface area is 63.8 Å². The Balaban J connectivity index is 4.08. The fraction of sp³-hybridized carbons (Fsp3) is 0.286. The second kappa shape index (κ2) is 5.11. The highest BCUT2D eigenvalue weighted by molar-refractivity contribution is 7.84. The van der Waals surface area contributed by atoms with Gasteiger partial charge in [-0.3, -0.25) is 9.20 Å². The first kappa shape index (κ1) is 9.30. The van der Waals surface area contributed by atoms with E-state index in [0.29, 0.717) is 5.75 Å². The number of hydrogen-bond acceptors (Lipinski definition) is 2. The minimum Gasteiger partial charge on any atom is -0.272 e. The molecule has 1 atom stereocenters. The van der Waals surface area contributed by atoms with Crippen LogP contribution in [0.2, 0.25) is 0 Å². The van der Waals surface area contributed by atoms with Crippen molar-refractivity contribution in [3.63, 3.8) is 0 Å². The number of rotatable bonds is 4. The maximum atomic E-state index is 10.6. The van der Waals surface area contributed by atoms with Crippen LogP contribution in [0.25, 0.3) is 0 Å². The largest absolute Gasteiger partial charge is 0.272 e. The standard InChI is InChI=1S/C7H11NOS/c1-4-7(5-8-2)6-10(3)9/h4-5H,1-2,6H2,3H3/b7-5+. The Morgan fingerprint density at radius 3 is 2.70 bits per heavy atom. The van der Waals surface area contributed by atoms with E-state index >= 15 is 0 Å². The molecule has 0 amide bonds. The molecule has 0 radical (unpaired) electrons. The van der Waals surface area contributed by atoms with E-state index in [1.54, 1.807) is 18.5 Å². The molecule has 0 aliphatic rings. The van der Waals surface area contributed by atoms with Gasteiger partial charge in [-0.05, 0) is 12.3 Å². The molecule has 2 nitrogen and oxygen atoms in total. The van der Waals surface area contributed by atoms with E-state index in [2.05, 4.69) is 18.3 Å². The maximum Gasteiger partial charge on any atom is 0.0497 e. The predicted octanol–water partition coefficient (Wildman–Crippen LogP) is 1.14. The number of allylic oxidation sites excluding steroid dienone is 1. The molecule has 0 aliphatic carbocycles. The van der Waals surface area contributed by atoms with Crippen LogP contribution in [0.4, 0.5) is 0 Å². The van der Waals surface area contributed by atoms with Crippen molar-refractivity contribution in [1.82, 2.24) is 0 Å². The zero-order chi connectivity index (χ0) is 7.98. The van der Waals surface area contributed by atoms with Gasteiger partial charge in [0.2, 0.25) is 0 Å². The second-order valence-electron chi connectivity index (χ2n) is 1.81. The summed E-state index contributed by atoms with van der Waals surface area (Å²) in [5.74, 6) is 0.502. The van der Waals surface area contributed by atoms with E-state index in [-0.39, 0.29) is 0 Å². The molecule has 10 heavy (non-hydrogen) atoms. The average Bonchev–Trinajstić information content (AvgIpc) is 1.86. The molecule has 0 spiro atoms. The average molecular weight is 157 g/mol. The van der Waals surface area contributed by atoms with Crippen molar-refractivity contribution in [2.45, 2.75) is 0 Å². The third kappa shape index (κ3) is 4.21. The molecule has 0 saturated heterocycles. The van der Waals surface area contributed by atoms with Crippen molar-refractivity contribution in [1.29, 1.82) is 0 Å². The van der Waals surface area contributed by atoms with Crippen molar-refractivity contribution in [2.24, 2.45) is 4.99 Å². The Kier molecular flexibility index (Phi) is 4.76. The first-order valence-electron chi connectivity index (χ1n) is 2.78. The lowest BCUT2D eigenvalue weighted by Crippen LogP contribution is -1.95. The molecule has 3 heteroatoms. The van der Waals surface area contributed by atoms with Crippen LogP contribution in [0.3, 0.4) is 0 Å². The summed E-state index contributed by atoms with van der Waals surface area (Å²) in [6, 6.07) is 0. The lowest BCUT2D eigenvalue weighted by atomic mass is 10.3. The molecule has 0 rings (SSSR count). The monoisotopic (exact) mass is 157 g/mol. The van der Waals surface area contributed by atoms with Gasteiger partial charge in [-0.25, -0.2) is 0 Å². The number of aliphatic imine (C=N–C) groups is 1. The SMILES string of the molecule is C=C/C(=C\N=C)CS(C)=O. The quantitative estimate of drug-likeness (QED) is 0.444. The van der Waals surface area contributed by atoms with E-state index in [0.717, 1.165) is 5.57 Å². The topological polar surface area (TPSA) is 29.4 Å². The lowest BCUT2D eigenvalue weighted by Gasteiger charge is -1.94. The van der Waals surface area contributed by atoms with Gasteiger partial charge < -0.3 is 0 Å². The molecular formula is C7H11NOS. The number of hydrogen-bond donors (Lipinski definition) is 0. The summed E-state index contributed by atoms with van der Waals surface area (Å²) in [4.78, 5) is 3.54. The Morgan fingerprint density at radius 2 is 2.40 bits per heavy atom. The molecule has 0 N–H and O–H groups in total. The van der Waals surface area contributed by atoms with Gasteiger partial charge in [0, 0.05) is 29.0 Å². The third-order valence-corrected chi connectivity index (χ3v) is 1.63. The van der Waals surface area contributed by atoms with Crippen LogP contribution in [0.15, 0.2) is 29.4 Å². The minimum absolute atomic E-state index is 0.502. The van der Waals surface area contributed by atoms with Gasteiger partial charge in [0.1, 0.15) is 0 Å². The molecule has 0 aromatic carbocycles.